The number of rotatable bonds is 2. The first kappa shape index (κ1) is 16.9. The fourth-order valence-corrected chi connectivity index (χ4v) is 3.34. The lowest BCUT2D eigenvalue weighted by Gasteiger charge is -2.12. The van der Waals surface area contributed by atoms with Crippen LogP contribution >= 0.6 is 23.2 Å². The third kappa shape index (κ3) is 2.91. The summed E-state index contributed by atoms with van der Waals surface area (Å²) in [4.78, 5) is 13.0. The summed E-state index contributed by atoms with van der Waals surface area (Å²) >= 11 is 12.2. The summed E-state index contributed by atoms with van der Waals surface area (Å²) in [6.45, 7) is 1.93. The van der Waals surface area contributed by atoms with E-state index >= 15 is 0 Å². The van der Waals surface area contributed by atoms with Gasteiger partial charge in [0, 0.05) is 33.4 Å². The van der Waals surface area contributed by atoms with Gasteiger partial charge in [-0.15, -0.1) is 0 Å². The minimum Gasteiger partial charge on any atom is -0.256 e. The fourth-order valence-electron chi connectivity index (χ4n) is 2.93. The molecule has 4 aromatic rings. The number of halogens is 3. The van der Waals surface area contributed by atoms with Gasteiger partial charge >= 0.3 is 0 Å². The molecule has 0 atom stereocenters. The molecule has 0 radical (unpaired) electrons. The van der Waals surface area contributed by atoms with Crippen LogP contribution in [0.2, 0.25) is 10.0 Å². The van der Waals surface area contributed by atoms with Crippen LogP contribution in [0.4, 0.5) is 4.39 Å². The van der Waals surface area contributed by atoms with Crippen molar-refractivity contribution in [2.75, 3.05) is 0 Å². The van der Waals surface area contributed by atoms with Gasteiger partial charge in [-0.25, -0.2) is 14.4 Å². The van der Waals surface area contributed by atoms with Crippen molar-refractivity contribution >= 4 is 34.1 Å². The normalized spacial score (nSPS) is 11.1. The van der Waals surface area contributed by atoms with Gasteiger partial charge < -0.3 is 0 Å². The molecule has 2 aromatic heterocycles. The zero-order valence-corrected chi connectivity index (χ0v) is 15.2. The van der Waals surface area contributed by atoms with Gasteiger partial charge in [-0.1, -0.05) is 35.3 Å². The van der Waals surface area contributed by atoms with Crippen LogP contribution in [0.25, 0.3) is 33.3 Å². The van der Waals surface area contributed by atoms with Crippen molar-refractivity contribution in [2.45, 2.75) is 6.92 Å². The van der Waals surface area contributed by atoms with Crippen LogP contribution in [0.1, 0.15) is 5.69 Å². The van der Waals surface area contributed by atoms with Gasteiger partial charge in [-0.3, -0.25) is 4.98 Å². The fraction of sp³-hybridized carbons (Fsp3) is 0.0500. The molecule has 0 unspecified atom stereocenters. The van der Waals surface area contributed by atoms with Gasteiger partial charge in [0.1, 0.15) is 12.1 Å². The van der Waals surface area contributed by atoms with Gasteiger partial charge in [0.25, 0.3) is 0 Å². The molecule has 3 nitrogen and oxygen atoms in total. The van der Waals surface area contributed by atoms with Crippen molar-refractivity contribution in [1.82, 2.24) is 15.0 Å². The summed E-state index contributed by atoms with van der Waals surface area (Å²) in [7, 11) is 0. The quantitative estimate of drug-likeness (QED) is 0.391. The monoisotopic (exact) mass is 383 g/mol. The number of hydrogen-bond donors (Lipinski definition) is 0. The van der Waals surface area contributed by atoms with Crippen LogP contribution in [0.3, 0.4) is 0 Å². The van der Waals surface area contributed by atoms with E-state index in [0.29, 0.717) is 11.3 Å². The van der Waals surface area contributed by atoms with E-state index in [1.54, 1.807) is 18.6 Å². The van der Waals surface area contributed by atoms with Gasteiger partial charge in [-0.2, -0.15) is 0 Å². The average Bonchev–Trinajstić information content (AvgIpc) is 2.65. The van der Waals surface area contributed by atoms with Crippen molar-refractivity contribution in [3.63, 3.8) is 0 Å². The molecule has 0 amide bonds. The number of nitrogens with zero attached hydrogens (tertiary/aromatic N) is 3. The summed E-state index contributed by atoms with van der Waals surface area (Å²) in [6, 6.07) is 12.4. The Labute approximate surface area is 159 Å². The van der Waals surface area contributed by atoms with Gasteiger partial charge in [-0.05, 0) is 42.8 Å². The number of aryl methyl sites for hydroxylation is 1. The standard InChI is InChI=1S/C20H12Cl2FN3/c1-11-15-7-12(4-5-18(15)26-10-25-11)14-3-2-6-24-20(14)16-8-13(21)9-17(23)19(16)22/h2-10H,1H3. The van der Waals surface area contributed by atoms with Gasteiger partial charge in [0.15, 0.2) is 0 Å². The Kier molecular flexibility index (Phi) is 4.31. The zero-order valence-electron chi connectivity index (χ0n) is 13.7. The summed E-state index contributed by atoms with van der Waals surface area (Å²) < 4.78 is 14.1. The number of benzene rings is 2. The molecule has 2 heterocycles. The highest BCUT2D eigenvalue weighted by Crippen LogP contribution is 2.38. The highest BCUT2D eigenvalue weighted by molar-refractivity contribution is 6.35. The lowest BCUT2D eigenvalue weighted by atomic mass is 9.97. The molecule has 0 saturated carbocycles. The average molecular weight is 384 g/mol. The van der Waals surface area contributed by atoms with Gasteiger partial charge in [0.05, 0.1) is 16.2 Å². The molecule has 0 aliphatic carbocycles. The van der Waals surface area contributed by atoms with Crippen LogP contribution in [0, 0.1) is 12.7 Å². The Morgan fingerprint density at radius 1 is 0.923 bits per heavy atom. The lowest BCUT2D eigenvalue weighted by molar-refractivity contribution is 0.629. The first-order valence-corrected chi connectivity index (χ1v) is 8.62. The first-order valence-electron chi connectivity index (χ1n) is 7.86. The summed E-state index contributed by atoms with van der Waals surface area (Å²) in [5.74, 6) is -0.575. The zero-order chi connectivity index (χ0) is 18.3. The second-order valence-corrected chi connectivity index (χ2v) is 6.65. The number of fused-ring (bicyclic) bond motifs is 1. The number of aromatic nitrogens is 3. The SMILES string of the molecule is Cc1ncnc2ccc(-c3cccnc3-c3cc(Cl)cc(F)c3Cl)cc12. The third-order valence-electron chi connectivity index (χ3n) is 4.20. The molecule has 0 aliphatic rings. The molecule has 0 bridgehead atoms. The molecule has 0 fully saturated rings. The first-order chi connectivity index (χ1) is 12.5. The molecule has 0 N–H and O–H groups in total. The molecule has 2 aromatic carbocycles. The van der Waals surface area contributed by atoms with E-state index in [1.165, 1.54) is 6.07 Å². The Balaban J connectivity index is 1.97. The van der Waals surface area contributed by atoms with Gasteiger partial charge in [0.2, 0.25) is 0 Å². The smallest absolute Gasteiger partial charge is 0.143 e. The van der Waals surface area contributed by atoms with Crippen molar-refractivity contribution in [1.29, 1.82) is 0 Å². The molecule has 128 valence electrons. The maximum atomic E-state index is 14.1. The second-order valence-electron chi connectivity index (χ2n) is 5.84. The predicted molar refractivity (Wildman–Crippen MR) is 103 cm³/mol. The topological polar surface area (TPSA) is 38.7 Å². The van der Waals surface area contributed by atoms with Crippen LogP contribution in [-0.2, 0) is 0 Å². The van der Waals surface area contributed by atoms with Crippen molar-refractivity contribution in [3.05, 3.63) is 76.5 Å². The number of pyridine rings is 1. The minimum atomic E-state index is -0.575. The third-order valence-corrected chi connectivity index (χ3v) is 4.80. The largest absolute Gasteiger partial charge is 0.256 e. The Morgan fingerprint density at radius 2 is 1.77 bits per heavy atom. The minimum absolute atomic E-state index is 0.00495. The predicted octanol–water partition coefficient (Wildman–Crippen LogP) is 6.11. The van der Waals surface area contributed by atoms with E-state index in [9.17, 15) is 4.39 Å². The van der Waals surface area contributed by atoms with Crippen molar-refractivity contribution < 1.29 is 4.39 Å². The molecular weight excluding hydrogens is 372 g/mol. The lowest BCUT2D eigenvalue weighted by Crippen LogP contribution is -1.93. The van der Waals surface area contributed by atoms with E-state index in [4.69, 9.17) is 23.2 Å². The van der Waals surface area contributed by atoms with Crippen LogP contribution in [0.5, 0.6) is 0 Å². The van der Waals surface area contributed by atoms with E-state index in [-0.39, 0.29) is 10.0 Å². The summed E-state index contributed by atoms with van der Waals surface area (Å²) in [5.41, 5.74) is 4.49. The maximum Gasteiger partial charge on any atom is 0.143 e. The van der Waals surface area contributed by atoms with Crippen LogP contribution < -0.4 is 0 Å². The van der Waals surface area contributed by atoms with Crippen molar-refractivity contribution in [3.8, 4) is 22.4 Å². The second kappa shape index (κ2) is 6.63. The Bertz CT molecular complexity index is 1150. The van der Waals surface area contributed by atoms with E-state index < -0.39 is 5.82 Å². The highest BCUT2D eigenvalue weighted by Gasteiger charge is 2.16. The van der Waals surface area contributed by atoms with Crippen LogP contribution in [0.15, 0.2) is 55.0 Å². The summed E-state index contributed by atoms with van der Waals surface area (Å²) in [6.07, 6.45) is 3.19. The van der Waals surface area contributed by atoms with Crippen LogP contribution in [-0.4, -0.2) is 15.0 Å². The molecule has 4 rings (SSSR count). The maximum absolute atomic E-state index is 14.1. The molecule has 0 aliphatic heterocycles. The Morgan fingerprint density at radius 3 is 2.62 bits per heavy atom. The molecule has 0 saturated heterocycles. The molecular formula is C20H12Cl2FN3. The Hall–Kier alpha value is -2.56. The molecule has 0 spiro atoms. The molecule has 26 heavy (non-hydrogen) atoms. The number of hydrogen-bond acceptors (Lipinski definition) is 3. The van der Waals surface area contributed by atoms with Crippen molar-refractivity contribution in [2.24, 2.45) is 0 Å². The van der Waals surface area contributed by atoms with E-state index in [1.807, 2.05) is 37.3 Å². The highest BCUT2D eigenvalue weighted by atomic mass is 35.5. The molecule has 6 heteroatoms. The van der Waals surface area contributed by atoms with E-state index in [2.05, 4.69) is 15.0 Å². The van der Waals surface area contributed by atoms with E-state index in [0.717, 1.165) is 27.7 Å². The summed E-state index contributed by atoms with van der Waals surface area (Å²) in [5, 5.41) is 1.21.